The van der Waals surface area contributed by atoms with Gasteiger partial charge < -0.3 is 9.30 Å². The molecule has 1 aliphatic heterocycles. The van der Waals surface area contributed by atoms with Crippen molar-refractivity contribution >= 4 is 17.3 Å². The van der Waals surface area contributed by atoms with Crippen LogP contribution >= 0.6 is 11.3 Å². The Morgan fingerprint density at radius 3 is 3.28 bits per heavy atom. The Kier molecular flexibility index (Phi) is 2.96. The van der Waals surface area contributed by atoms with Crippen LogP contribution in [0.1, 0.15) is 35.4 Å². The maximum Gasteiger partial charge on any atom is 0.306 e. The van der Waals surface area contributed by atoms with Gasteiger partial charge in [-0.25, -0.2) is 0 Å². The summed E-state index contributed by atoms with van der Waals surface area (Å²) in [6, 6.07) is 6.29. The van der Waals surface area contributed by atoms with E-state index in [-0.39, 0.29) is 11.9 Å². The van der Waals surface area contributed by atoms with Crippen LogP contribution in [0.3, 0.4) is 0 Å². The fraction of sp³-hybridized carbons (Fsp3) is 0.357. The van der Waals surface area contributed by atoms with Gasteiger partial charge in [-0.15, -0.1) is 11.3 Å². The molecular formula is C14H15NO2S. The van der Waals surface area contributed by atoms with Gasteiger partial charge in [-0.1, -0.05) is 0 Å². The molecule has 4 heteroatoms. The minimum atomic E-state index is -0.116. The number of aromatic nitrogens is 1. The number of rotatable bonds is 3. The predicted molar refractivity (Wildman–Crippen MR) is 70.9 cm³/mol. The summed E-state index contributed by atoms with van der Waals surface area (Å²) in [5.41, 5.74) is 2.51. The zero-order chi connectivity index (χ0) is 12.5. The first-order valence-electron chi connectivity index (χ1n) is 6.16. The molecule has 1 unspecified atom stereocenters. The fourth-order valence-corrected chi connectivity index (χ4v) is 3.53. The summed E-state index contributed by atoms with van der Waals surface area (Å²) < 4.78 is 7.31. The molecule has 0 aromatic carbocycles. The van der Waals surface area contributed by atoms with Crippen LogP contribution in [-0.4, -0.2) is 17.1 Å². The molecule has 18 heavy (non-hydrogen) atoms. The van der Waals surface area contributed by atoms with Crippen LogP contribution in [0.2, 0.25) is 0 Å². The number of hydrogen-bond donors (Lipinski definition) is 0. The van der Waals surface area contributed by atoms with E-state index in [1.165, 1.54) is 16.1 Å². The second kappa shape index (κ2) is 4.61. The molecule has 1 aliphatic rings. The molecule has 0 fully saturated rings. The Hall–Kier alpha value is -1.55. The van der Waals surface area contributed by atoms with E-state index in [9.17, 15) is 4.79 Å². The molecule has 2 aromatic rings. The molecule has 0 aliphatic carbocycles. The lowest BCUT2D eigenvalue weighted by Gasteiger charge is -2.24. The molecule has 0 saturated heterocycles. The van der Waals surface area contributed by atoms with Crippen molar-refractivity contribution in [2.24, 2.45) is 0 Å². The Morgan fingerprint density at radius 2 is 2.44 bits per heavy atom. The molecule has 1 atom stereocenters. The van der Waals surface area contributed by atoms with Crippen LogP contribution in [0.25, 0.3) is 0 Å². The second-order valence-corrected chi connectivity index (χ2v) is 5.42. The summed E-state index contributed by atoms with van der Waals surface area (Å²) in [6.07, 6.45) is 2.51. The lowest BCUT2D eigenvalue weighted by atomic mass is 9.90. The minimum Gasteiger partial charge on any atom is -0.466 e. The van der Waals surface area contributed by atoms with E-state index >= 15 is 0 Å². The molecule has 0 radical (unpaired) electrons. The van der Waals surface area contributed by atoms with Crippen molar-refractivity contribution < 1.29 is 9.53 Å². The van der Waals surface area contributed by atoms with Gasteiger partial charge in [0.25, 0.3) is 0 Å². The van der Waals surface area contributed by atoms with Crippen molar-refractivity contribution in [3.8, 4) is 0 Å². The van der Waals surface area contributed by atoms with Crippen LogP contribution < -0.4 is 0 Å². The molecule has 3 nitrogen and oxygen atoms in total. The Morgan fingerprint density at radius 1 is 1.56 bits per heavy atom. The molecular weight excluding hydrogens is 246 g/mol. The number of nitrogens with zero attached hydrogens (tertiary/aromatic N) is 1. The summed E-state index contributed by atoms with van der Waals surface area (Å²) >= 11 is 1.76. The lowest BCUT2D eigenvalue weighted by Crippen LogP contribution is -2.19. The third kappa shape index (κ3) is 1.86. The van der Waals surface area contributed by atoms with Crippen molar-refractivity contribution in [2.75, 3.05) is 6.61 Å². The highest BCUT2D eigenvalue weighted by molar-refractivity contribution is 7.10. The summed E-state index contributed by atoms with van der Waals surface area (Å²) in [5.74, 6) is 0.0309. The number of thiophene rings is 1. The van der Waals surface area contributed by atoms with E-state index in [4.69, 9.17) is 4.74 Å². The molecule has 0 N–H and O–H groups in total. The zero-order valence-corrected chi connectivity index (χ0v) is 11.1. The number of fused-ring (bicyclic) bond motifs is 2. The average Bonchev–Trinajstić information content (AvgIpc) is 2.96. The molecule has 94 valence electrons. The normalized spacial score (nSPS) is 17.1. The quantitative estimate of drug-likeness (QED) is 0.795. The third-order valence-corrected chi connectivity index (χ3v) is 4.29. The summed E-state index contributed by atoms with van der Waals surface area (Å²) in [7, 11) is 0. The molecule has 3 heterocycles. The molecule has 0 amide bonds. The number of ether oxygens (including phenoxy) is 1. The molecule has 2 aromatic heterocycles. The highest BCUT2D eigenvalue weighted by atomic mass is 32.1. The average molecular weight is 261 g/mol. The maximum atomic E-state index is 11.7. The van der Waals surface area contributed by atoms with Gasteiger partial charge in [-0.2, -0.15) is 0 Å². The monoisotopic (exact) mass is 261 g/mol. The summed E-state index contributed by atoms with van der Waals surface area (Å²) in [5, 5.41) is 2.11. The van der Waals surface area contributed by atoms with Gasteiger partial charge >= 0.3 is 5.97 Å². The first kappa shape index (κ1) is 11.5. The van der Waals surface area contributed by atoms with Crippen LogP contribution in [0.4, 0.5) is 0 Å². The summed E-state index contributed by atoms with van der Waals surface area (Å²) in [4.78, 5) is 13.1. The van der Waals surface area contributed by atoms with Crippen molar-refractivity contribution in [1.29, 1.82) is 0 Å². The molecule has 0 spiro atoms. The van der Waals surface area contributed by atoms with E-state index in [0.717, 1.165) is 6.54 Å². The smallest absolute Gasteiger partial charge is 0.306 e. The minimum absolute atomic E-state index is 0.116. The Bertz CT molecular complexity index is 530. The van der Waals surface area contributed by atoms with Gasteiger partial charge in [0.1, 0.15) is 0 Å². The highest BCUT2D eigenvalue weighted by Crippen LogP contribution is 2.38. The van der Waals surface area contributed by atoms with Crippen LogP contribution in [-0.2, 0) is 16.1 Å². The Balaban J connectivity index is 1.94. The summed E-state index contributed by atoms with van der Waals surface area (Å²) in [6.45, 7) is 3.22. The topological polar surface area (TPSA) is 31.2 Å². The SMILES string of the molecule is CCOC(=O)CC1c2ccsc2Cn2cccc21. The van der Waals surface area contributed by atoms with Crippen LogP contribution in [0.15, 0.2) is 29.8 Å². The number of hydrogen-bond acceptors (Lipinski definition) is 3. The zero-order valence-electron chi connectivity index (χ0n) is 10.3. The van der Waals surface area contributed by atoms with E-state index in [0.29, 0.717) is 13.0 Å². The molecule has 0 saturated carbocycles. The van der Waals surface area contributed by atoms with E-state index in [1.54, 1.807) is 11.3 Å². The Labute approximate surface area is 110 Å². The maximum absolute atomic E-state index is 11.7. The molecule has 3 rings (SSSR count). The van der Waals surface area contributed by atoms with Crippen LogP contribution in [0, 0.1) is 0 Å². The first-order chi connectivity index (χ1) is 8.79. The largest absolute Gasteiger partial charge is 0.466 e. The lowest BCUT2D eigenvalue weighted by molar-refractivity contribution is -0.143. The van der Waals surface area contributed by atoms with E-state index in [1.807, 2.05) is 13.0 Å². The van der Waals surface area contributed by atoms with Gasteiger partial charge in [0, 0.05) is 22.7 Å². The highest BCUT2D eigenvalue weighted by Gasteiger charge is 2.28. The van der Waals surface area contributed by atoms with E-state index in [2.05, 4.69) is 28.3 Å². The van der Waals surface area contributed by atoms with Gasteiger partial charge in [0.05, 0.1) is 19.6 Å². The molecule has 0 bridgehead atoms. The first-order valence-corrected chi connectivity index (χ1v) is 7.04. The van der Waals surface area contributed by atoms with E-state index < -0.39 is 0 Å². The standard InChI is InChI=1S/C14H15NO2S/c1-2-17-14(16)8-11-10-5-7-18-13(10)9-15-6-3-4-12(11)15/h3-7,11H,2,8-9H2,1H3. The number of carbonyl (C=O) groups excluding carboxylic acids is 1. The van der Waals surface area contributed by atoms with Crippen LogP contribution in [0.5, 0.6) is 0 Å². The van der Waals surface area contributed by atoms with Gasteiger partial charge in [0.2, 0.25) is 0 Å². The van der Waals surface area contributed by atoms with Gasteiger partial charge in [-0.05, 0) is 36.1 Å². The van der Waals surface area contributed by atoms with Crippen molar-refractivity contribution in [3.63, 3.8) is 0 Å². The van der Waals surface area contributed by atoms with Gasteiger partial charge in [0.15, 0.2) is 0 Å². The van der Waals surface area contributed by atoms with Crippen molar-refractivity contribution in [2.45, 2.75) is 25.8 Å². The predicted octanol–water partition coefficient (Wildman–Crippen LogP) is 3.00. The van der Waals surface area contributed by atoms with Crippen molar-refractivity contribution in [3.05, 3.63) is 45.9 Å². The van der Waals surface area contributed by atoms with Crippen molar-refractivity contribution in [1.82, 2.24) is 4.57 Å². The fourth-order valence-electron chi connectivity index (χ4n) is 2.59. The number of esters is 1. The third-order valence-electron chi connectivity index (χ3n) is 3.37. The number of carbonyl (C=O) groups is 1. The second-order valence-electron chi connectivity index (χ2n) is 4.42. The van der Waals surface area contributed by atoms with Gasteiger partial charge in [-0.3, -0.25) is 4.79 Å².